The van der Waals surface area contributed by atoms with E-state index in [2.05, 4.69) is 0 Å². The number of carboxylic acids is 1. The molecule has 1 aromatic rings. The van der Waals surface area contributed by atoms with E-state index in [0.717, 1.165) is 0 Å². The predicted octanol–water partition coefficient (Wildman–Crippen LogP) is 1.90. The first-order valence-electron chi connectivity index (χ1n) is 3.83. The Morgan fingerprint density at radius 1 is 1.62 bits per heavy atom. The minimum absolute atomic E-state index is 0.199. The van der Waals surface area contributed by atoms with Gasteiger partial charge in [0.15, 0.2) is 0 Å². The maximum Gasteiger partial charge on any atom is 0.314 e. The molecule has 3 nitrogen and oxygen atoms in total. The first kappa shape index (κ1) is 8.38. The van der Waals surface area contributed by atoms with Crippen LogP contribution >= 0.6 is 11.6 Å². The molecule has 0 aromatic heterocycles. The summed E-state index contributed by atoms with van der Waals surface area (Å²) < 4.78 is 5.19. The molecule has 1 heterocycles. The average molecular weight is 199 g/mol. The molecule has 13 heavy (non-hydrogen) atoms. The Bertz CT molecular complexity index is 362. The summed E-state index contributed by atoms with van der Waals surface area (Å²) in [7, 11) is 0. The second-order valence-electron chi connectivity index (χ2n) is 2.88. The normalized spacial score (nSPS) is 19.3. The van der Waals surface area contributed by atoms with Crippen molar-refractivity contribution >= 4 is 17.6 Å². The number of hydrogen-bond acceptors (Lipinski definition) is 2. The molecule has 0 radical (unpaired) electrons. The first-order valence-corrected chi connectivity index (χ1v) is 4.21. The Morgan fingerprint density at radius 2 is 2.38 bits per heavy atom. The Labute approximate surface area is 79.9 Å². The second kappa shape index (κ2) is 2.92. The molecule has 0 fully saturated rings. The van der Waals surface area contributed by atoms with Crippen LogP contribution in [0, 0.1) is 0 Å². The molecule has 1 aliphatic heterocycles. The van der Waals surface area contributed by atoms with Gasteiger partial charge in [0.2, 0.25) is 0 Å². The molecular weight excluding hydrogens is 192 g/mol. The molecule has 1 N–H and O–H groups in total. The molecule has 2 rings (SSSR count). The number of benzene rings is 1. The third kappa shape index (κ3) is 1.35. The summed E-state index contributed by atoms with van der Waals surface area (Å²) in [5.74, 6) is -0.827. The third-order valence-electron chi connectivity index (χ3n) is 2.05. The smallest absolute Gasteiger partial charge is 0.314 e. The summed E-state index contributed by atoms with van der Waals surface area (Å²) in [5, 5.41) is 9.37. The number of halogens is 1. The number of rotatable bonds is 1. The fraction of sp³-hybridized carbons (Fsp3) is 0.222. The fourth-order valence-corrected chi connectivity index (χ4v) is 1.57. The molecule has 68 valence electrons. The van der Waals surface area contributed by atoms with E-state index in [4.69, 9.17) is 21.4 Å². The van der Waals surface area contributed by atoms with E-state index in [1.807, 2.05) is 0 Å². The molecule has 1 aromatic carbocycles. The van der Waals surface area contributed by atoms with Crippen LogP contribution in [-0.4, -0.2) is 17.7 Å². The van der Waals surface area contributed by atoms with Crippen LogP contribution in [0.1, 0.15) is 11.5 Å². The minimum atomic E-state index is -0.874. The van der Waals surface area contributed by atoms with Crippen molar-refractivity contribution in [2.45, 2.75) is 5.92 Å². The Morgan fingerprint density at radius 3 is 3.08 bits per heavy atom. The minimum Gasteiger partial charge on any atom is -0.492 e. The highest BCUT2D eigenvalue weighted by Gasteiger charge is 2.30. The van der Waals surface area contributed by atoms with Crippen LogP contribution in [0.4, 0.5) is 0 Å². The molecule has 0 unspecified atom stereocenters. The average Bonchev–Trinajstić information content (AvgIpc) is 2.46. The van der Waals surface area contributed by atoms with E-state index < -0.39 is 11.9 Å². The predicted molar refractivity (Wildman–Crippen MR) is 47.3 cm³/mol. The SMILES string of the molecule is O=C(O)[C@H]1COc2ccc(Cl)cc21. The summed E-state index contributed by atoms with van der Waals surface area (Å²) in [6.07, 6.45) is 0. The van der Waals surface area contributed by atoms with E-state index in [9.17, 15) is 4.79 Å². The molecule has 0 aliphatic carbocycles. The van der Waals surface area contributed by atoms with Crippen molar-refractivity contribution in [1.82, 2.24) is 0 Å². The molecule has 0 bridgehead atoms. The van der Waals surface area contributed by atoms with Crippen LogP contribution in [0.2, 0.25) is 5.02 Å². The van der Waals surface area contributed by atoms with Gasteiger partial charge in [-0.05, 0) is 18.2 Å². The molecule has 0 saturated carbocycles. The van der Waals surface area contributed by atoms with Crippen molar-refractivity contribution in [1.29, 1.82) is 0 Å². The maximum atomic E-state index is 10.8. The monoisotopic (exact) mass is 198 g/mol. The number of fused-ring (bicyclic) bond motifs is 1. The summed E-state index contributed by atoms with van der Waals surface area (Å²) in [4.78, 5) is 10.8. The lowest BCUT2D eigenvalue weighted by atomic mass is 10.0. The quantitative estimate of drug-likeness (QED) is 0.750. The van der Waals surface area contributed by atoms with Gasteiger partial charge in [0.25, 0.3) is 0 Å². The molecule has 0 saturated heterocycles. The lowest BCUT2D eigenvalue weighted by Crippen LogP contribution is -2.12. The summed E-state index contributed by atoms with van der Waals surface area (Å²) >= 11 is 5.74. The van der Waals surface area contributed by atoms with E-state index in [1.165, 1.54) is 0 Å². The van der Waals surface area contributed by atoms with E-state index in [0.29, 0.717) is 16.3 Å². The van der Waals surface area contributed by atoms with Gasteiger partial charge in [-0.25, -0.2) is 0 Å². The zero-order valence-corrected chi connectivity index (χ0v) is 7.41. The van der Waals surface area contributed by atoms with Gasteiger partial charge in [-0.15, -0.1) is 0 Å². The van der Waals surface area contributed by atoms with Crippen molar-refractivity contribution in [2.75, 3.05) is 6.61 Å². The van der Waals surface area contributed by atoms with E-state index in [-0.39, 0.29) is 6.61 Å². The van der Waals surface area contributed by atoms with Gasteiger partial charge in [0.1, 0.15) is 18.3 Å². The summed E-state index contributed by atoms with van der Waals surface area (Å²) in [6.45, 7) is 0.199. The zero-order valence-electron chi connectivity index (χ0n) is 6.66. The molecule has 0 spiro atoms. The Hall–Kier alpha value is -1.22. The van der Waals surface area contributed by atoms with Crippen molar-refractivity contribution in [2.24, 2.45) is 0 Å². The van der Waals surface area contributed by atoms with Gasteiger partial charge in [0, 0.05) is 10.6 Å². The van der Waals surface area contributed by atoms with Crippen molar-refractivity contribution in [3.8, 4) is 5.75 Å². The van der Waals surface area contributed by atoms with Crippen LogP contribution in [0.5, 0.6) is 5.75 Å². The lowest BCUT2D eigenvalue weighted by Gasteiger charge is -2.01. The van der Waals surface area contributed by atoms with E-state index in [1.54, 1.807) is 18.2 Å². The lowest BCUT2D eigenvalue weighted by molar-refractivity contribution is -0.138. The standard InChI is InChI=1S/C9H7ClO3/c10-5-1-2-8-6(3-5)7(4-13-8)9(11)12/h1-3,7H,4H2,(H,11,12)/t7-/m0/s1. The van der Waals surface area contributed by atoms with Gasteiger partial charge in [-0.3, -0.25) is 4.79 Å². The van der Waals surface area contributed by atoms with Gasteiger partial charge in [-0.1, -0.05) is 11.6 Å². The zero-order chi connectivity index (χ0) is 9.42. The van der Waals surface area contributed by atoms with Crippen LogP contribution < -0.4 is 4.74 Å². The van der Waals surface area contributed by atoms with Crippen molar-refractivity contribution in [3.05, 3.63) is 28.8 Å². The van der Waals surface area contributed by atoms with Gasteiger partial charge in [-0.2, -0.15) is 0 Å². The summed E-state index contributed by atoms with van der Waals surface area (Å²) in [6, 6.07) is 5.02. The maximum absolute atomic E-state index is 10.8. The largest absolute Gasteiger partial charge is 0.492 e. The van der Waals surface area contributed by atoms with Crippen LogP contribution in [0.3, 0.4) is 0 Å². The molecule has 1 atom stereocenters. The molecule has 0 amide bonds. The number of carbonyl (C=O) groups is 1. The van der Waals surface area contributed by atoms with Gasteiger partial charge >= 0.3 is 5.97 Å². The summed E-state index contributed by atoms with van der Waals surface area (Å²) in [5.41, 5.74) is 0.667. The van der Waals surface area contributed by atoms with Gasteiger partial charge in [0.05, 0.1) is 0 Å². The highest BCUT2D eigenvalue weighted by atomic mass is 35.5. The second-order valence-corrected chi connectivity index (χ2v) is 3.32. The molecular formula is C9H7ClO3. The fourth-order valence-electron chi connectivity index (χ4n) is 1.39. The van der Waals surface area contributed by atoms with E-state index >= 15 is 0 Å². The molecule has 4 heteroatoms. The van der Waals surface area contributed by atoms with Crippen LogP contribution in [0.15, 0.2) is 18.2 Å². The van der Waals surface area contributed by atoms with Gasteiger partial charge < -0.3 is 9.84 Å². The Balaban J connectivity index is 2.46. The number of ether oxygens (including phenoxy) is 1. The Kier molecular flexibility index (Phi) is 1.88. The topological polar surface area (TPSA) is 46.5 Å². The third-order valence-corrected chi connectivity index (χ3v) is 2.29. The van der Waals surface area contributed by atoms with Crippen molar-refractivity contribution in [3.63, 3.8) is 0 Å². The molecule has 1 aliphatic rings. The highest BCUT2D eigenvalue weighted by molar-refractivity contribution is 6.30. The van der Waals surface area contributed by atoms with Crippen LogP contribution in [-0.2, 0) is 4.79 Å². The van der Waals surface area contributed by atoms with Crippen molar-refractivity contribution < 1.29 is 14.6 Å². The number of hydrogen-bond donors (Lipinski definition) is 1. The number of aliphatic carboxylic acids is 1. The number of carboxylic acid groups (broad SMARTS) is 1. The highest BCUT2D eigenvalue weighted by Crippen LogP contribution is 2.35. The van der Waals surface area contributed by atoms with Crippen LogP contribution in [0.25, 0.3) is 0 Å². The first-order chi connectivity index (χ1) is 6.18.